The predicted octanol–water partition coefficient (Wildman–Crippen LogP) is 2.29. The van der Waals surface area contributed by atoms with Gasteiger partial charge in [0.25, 0.3) is 10.0 Å². The summed E-state index contributed by atoms with van der Waals surface area (Å²) in [4.78, 5) is 1.04. The van der Waals surface area contributed by atoms with Gasteiger partial charge in [-0.3, -0.25) is 4.72 Å². The third-order valence-electron chi connectivity index (χ3n) is 2.40. The molecule has 0 unspecified atom stereocenters. The molecule has 0 aliphatic carbocycles. The van der Waals surface area contributed by atoms with E-state index in [2.05, 4.69) is 4.72 Å². The monoisotopic (exact) mass is 299 g/mol. The van der Waals surface area contributed by atoms with Gasteiger partial charge in [0.1, 0.15) is 12.4 Å². The summed E-state index contributed by atoms with van der Waals surface area (Å²) in [7, 11) is -3.76. The molecule has 0 radical (unpaired) electrons. The fraction of sp³-hybridized carbons (Fsp3) is 0.167. The molecular formula is C12H13NO4S2. The highest BCUT2D eigenvalue weighted by atomic mass is 32.2. The lowest BCUT2D eigenvalue weighted by atomic mass is 10.3. The van der Waals surface area contributed by atoms with Crippen LogP contribution in [0.15, 0.2) is 50.8 Å². The molecule has 7 heteroatoms. The second kappa shape index (κ2) is 5.68. The Kier molecular flexibility index (Phi) is 4.18. The third kappa shape index (κ3) is 3.31. The van der Waals surface area contributed by atoms with Gasteiger partial charge in [-0.05, 0) is 42.7 Å². The molecule has 0 amide bonds. The summed E-state index contributed by atoms with van der Waals surface area (Å²) >= 11 is 1.57. The SMILES string of the molecule is CSc1ccc(NS(=O)(=O)c2ccc(CO)o2)cc1. The Bertz CT molecular complexity index is 647. The molecule has 5 nitrogen and oxygen atoms in total. The first-order valence-corrected chi connectivity index (χ1v) is 8.12. The maximum absolute atomic E-state index is 12.0. The minimum Gasteiger partial charge on any atom is -0.445 e. The summed E-state index contributed by atoms with van der Waals surface area (Å²) in [6.07, 6.45) is 1.94. The van der Waals surface area contributed by atoms with E-state index in [4.69, 9.17) is 9.52 Å². The molecule has 0 saturated carbocycles. The van der Waals surface area contributed by atoms with Gasteiger partial charge in [0.05, 0.1) is 0 Å². The van der Waals surface area contributed by atoms with Crippen LogP contribution in [0, 0.1) is 0 Å². The lowest BCUT2D eigenvalue weighted by Gasteiger charge is -2.06. The number of anilines is 1. The van der Waals surface area contributed by atoms with Crippen LogP contribution in [0.1, 0.15) is 5.76 Å². The van der Waals surface area contributed by atoms with Crippen LogP contribution in [0.5, 0.6) is 0 Å². The van der Waals surface area contributed by atoms with Crippen LogP contribution in [0.4, 0.5) is 5.69 Å². The summed E-state index contributed by atoms with van der Waals surface area (Å²) in [6.45, 7) is -0.335. The number of hydrogen-bond acceptors (Lipinski definition) is 5. The van der Waals surface area contributed by atoms with E-state index >= 15 is 0 Å². The fourth-order valence-electron chi connectivity index (χ4n) is 1.45. The van der Waals surface area contributed by atoms with Crippen molar-refractivity contribution in [2.75, 3.05) is 11.0 Å². The average Bonchev–Trinajstić information content (AvgIpc) is 2.89. The zero-order chi connectivity index (χ0) is 13.9. The number of sulfonamides is 1. The Morgan fingerprint density at radius 3 is 2.42 bits per heavy atom. The summed E-state index contributed by atoms with van der Waals surface area (Å²) in [6, 6.07) is 9.74. The minimum atomic E-state index is -3.76. The molecule has 0 aliphatic rings. The molecule has 0 spiro atoms. The van der Waals surface area contributed by atoms with Crippen molar-refractivity contribution in [3.05, 3.63) is 42.2 Å². The van der Waals surface area contributed by atoms with Gasteiger partial charge in [0.15, 0.2) is 0 Å². The molecule has 0 fully saturated rings. The van der Waals surface area contributed by atoms with Crippen LogP contribution in [0.3, 0.4) is 0 Å². The number of nitrogens with one attached hydrogen (secondary N) is 1. The molecule has 2 N–H and O–H groups in total. The van der Waals surface area contributed by atoms with Crippen molar-refractivity contribution < 1.29 is 17.9 Å². The molecule has 19 heavy (non-hydrogen) atoms. The predicted molar refractivity (Wildman–Crippen MR) is 73.7 cm³/mol. The topological polar surface area (TPSA) is 79.5 Å². The number of thioether (sulfide) groups is 1. The van der Waals surface area contributed by atoms with E-state index in [0.717, 1.165) is 4.90 Å². The first kappa shape index (κ1) is 14.0. The number of rotatable bonds is 5. The van der Waals surface area contributed by atoms with Crippen LogP contribution < -0.4 is 4.72 Å². The Balaban J connectivity index is 2.20. The van der Waals surface area contributed by atoms with E-state index in [1.54, 1.807) is 23.9 Å². The molecule has 0 aliphatic heterocycles. The van der Waals surface area contributed by atoms with Crippen molar-refractivity contribution in [3.63, 3.8) is 0 Å². The minimum absolute atomic E-state index is 0.207. The Labute approximate surface area is 115 Å². The summed E-state index contributed by atoms with van der Waals surface area (Å²) in [5.41, 5.74) is 0.458. The van der Waals surface area contributed by atoms with Crippen LogP contribution in [0.25, 0.3) is 0 Å². The zero-order valence-corrected chi connectivity index (χ0v) is 11.8. The Hall–Kier alpha value is -1.44. The highest BCUT2D eigenvalue weighted by Crippen LogP contribution is 2.21. The lowest BCUT2D eigenvalue weighted by molar-refractivity contribution is 0.236. The molecular weight excluding hydrogens is 286 g/mol. The van der Waals surface area contributed by atoms with Crippen molar-refractivity contribution in [1.29, 1.82) is 0 Å². The van der Waals surface area contributed by atoms with E-state index < -0.39 is 10.0 Å². The Morgan fingerprint density at radius 1 is 1.21 bits per heavy atom. The highest BCUT2D eigenvalue weighted by Gasteiger charge is 2.18. The van der Waals surface area contributed by atoms with Crippen LogP contribution >= 0.6 is 11.8 Å². The summed E-state index contributed by atoms with van der Waals surface area (Å²) in [5.74, 6) is 0.207. The van der Waals surface area contributed by atoms with E-state index in [1.807, 2.05) is 18.4 Å². The van der Waals surface area contributed by atoms with E-state index in [1.165, 1.54) is 12.1 Å². The standard InChI is InChI=1S/C12H13NO4S2/c1-18-11-5-2-9(3-6-11)13-19(15,16)12-7-4-10(8-14)17-12/h2-7,13-14H,8H2,1H3. The maximum Gasteiger partial charge on any atom is 0.295 e. The van der Waals surface area contributed by atoms with E-state index in [0.29, 0.717) is 5.69 Å². The van der Waals surface area contributed by atoms with Crippen molar-refractivity contribution in [3.8, 4) is 0 Å². The first-order chi connectivity index (χ1) is 9.05. The summed E-state index contributed by atoms with van der Waals surface area (Å²) < 4.78 is 31.4. The summed E-state index contributed by atoms with van der Waals surface area (Å²) in [5, 5.41) is 8.64. The molecule has 2 aromatic rings. The van der Waals surface area contributed by atoms with Crippen molar-refractivity contribution in [2.45, 2.75) is 16.6 Å². The molecule has 102 valence electrons. The quantitative estimate of drug-likeness (QED) is 0.828. The first-order valence-electron chi connectivity index (χ1n) is 5.41. The number of hydrogen-bond donors (Lipinski definition) is 2. The van der Waals surface area contributed by atoms with Gasteiger partial charge in [-0.1, -0.05) is 0 Å². The van der Waals surface area contributed by atoms with Crippen LogP contribution in [0.2, 0.25) is 0 Å². The smallest absolute Gasteiger partial charge is 0.295 e. The molecule has 2 rings (SSSR count). The Morgan fingerprint density at radius 2 is 1.89 bits per heavy atom. The number of furan rings is 1. The second-order valence-electron chi connectivity index (χ2n) is 3.71. The van der Waals surface area contributed by atoms with Gasteiger partial charge in [-0.25, -0.2) is 0 Å². The van der Waals surface area contributed by atoms with Gasteiger partial charge in [0.2, 0.25) is 5.09 Å². The maximum atomic E-state index is 12.0. The van der Waals surface area contributed by atoms with Crippen LogP contribution in [-0.2, 0) is 16.6 Å². The van der Waals surface area contributed by atoms with Gasteiger partial charge < -0.3 is 9.52 Å². The molecule has 0 atom stereocenters. The normalized spacial score (nSPS) is 11.5. The fourth-order valence-corrected chi connectivity index (χ4v) is 2.87. The largest absolute Gasteiger partial charge is 0.445 e. The zero-order valence-electron chi connectivity index (χ0n) is 10.2. The van der Waals surface area contributed by atoms with Crippen molar-refractivity contribution in [1.82, 2.24) is 0 Å². The van der Waals surface area contributed by atoms with E-state index in [9.17, 15) is 8.42 Å². The number of benzene rings is 1. The molecule has 0 bridgehead atoms. The van der Waals surface area contributed by atoms with Gasteiger partial charge in [0, 0.05) is 10.6 Å². The van der Waals surface area contributed by atoms with Crippen molar-refractivity contribution in [2.24, 2.45) is 0 Å². The van der Waals surface area contributed by atoms with Gasteiger partial charge >= 0.3 is 0 Å². The number of aliphatic hydroxyl groups is 1. The van der Waals surface area contributed by atoms with Crippen LogP contribution in [-0.4, -0.2) is 19.8 Å². The molecule has 1 aromatic heterocycles. The van der Waals surface area contributed by atoms with Gasteiger partial charge in [-0.2, -0.15) is 8.42 Å². The van der Waals surface area contributed by atoms with E-state index in [-0.39, 0.29) is 17.5 Å². The average molecular weight is 299 g/mol. The third-order valence-corrected chi connectivity index (χ3v) is 4.40. The second-order valence-corrected chi connectivity index (χ2v) is 6.21. The molecule has 0 saturated heterocycles. The lowest BCUT2D eigenvalue weighted by Crippen LogP contribution is -2.11. The van der Waals surface area contributed by atoms with Gasteiger partial charge in [-0.15, -0.1) is 11.8 Å². The molecule has 1 heterocycles. The molecule has 1 aromatic carbocycles. The van der Waals surface area contributed by atoms with Crippen molar-refractivity contribution >= 4 is 27.5 Å². The highest BCUT2D eigenvalue weighted by molar-refractivity contribution is 7.98. The number of aliphatic hydroxyl groups excluding tert-OH is 1.